The fourth-order valence-corrected chi connectivity index (χ4v) is 3.87. The van der Waals surface area contributed by atoms with Crippen LogP contribution in [0.25, 0.3) is 0 Å². The molecule has 0 aromatic heterocycles. The van der Waals surface area contributed by atoms with E-state index < -0.39 is 11.7 Å². The summed E-state index contributed by atoms with van der Waals surface area (Å²) in [6, 6.07) is 5.81. The van der Waals surface area contributed by atoms with Crippen LogP contribution in [0.5, 0.6) is 5.75 Å². The second-order valence-electron chi connectivity index (χ2n) is 7.34. The van der Waals surface area contributed by atoms with Crippen molar-refractivity contribution in [1.29, 1.82) is 0 Å². The summed E-state index contributed by atoms with van der Waals surface area (Å²) >= 11 is 0. The van der Waals surface area contributed by atoms with Crippen LogP contribution in [0.15, 0.2) is 23.4 Å². The zero-order chi connectivity index (χ0) is 17.3. The predicted octanol–water partition coefficient (Wildman–Crippen LogP) is 3.33. The lowest BCUT2D eigenvalue weighted by Crippen LogP contribution is -2.54. The van der Waals surface area contributed by atoms with Crippen LogP contribution in [0, 0.1) is 0 Å². The number of likely N-dealkylation sites (tertiary alicyclic amines) is 1. The molecule has 1 fully saturated rings. The molecule has 0 spiro atoms. The van der Waals surface area contributed by atoms with Crippen molar-refractivity contribution in [2.45, 2.75) is 64.2 Å². The van der Waals surface area contributed by atoms with Gasteiger partial charge in [0.1, 0.15) is 17.5 Å². The summed E-state index contributed by atoms with van der Waals surface area (Å²) in [5.74, 6) is 0.818. The van der Waals surface area contributed by atoms with Gasteiger partial charge in [-0.25, -0.2) is 0 Å². The largest absolute Gasteiger partial charge is 0.485 e. The third kappa shape index (κ3) is 3.03. The first-order valence-electron chi connectivity index (χ1n) is 8.94. The number of ether oxygens (including phenoxy) is 1. The Kier molecular flexibility index (Phi) is 4.83. The number of piperidine rings is 1. The number of hydrogen-bond donors (Lipinski definition) is 2. The Morgan fingerprint density at radius 1 is 1.29 bits per heavy atom. The van der Waals surface area contributed by atoms with Gasteiger partial charge in [0.15, 0.2) is 0 Å². The Labute approximate surface area is 143 Å². The summed E-state index contributed by atoms with van der Waals surface area (Å²) in [6.07, 6.45) is 3.63. The van der Waals surface area contributed by atoms with Crippen LogP contribution < -0.4 is 4.74 Å². The first-order valence-corrected chi connectivity index (χ1v) is 8.94. The van der Waals surface area contributed by atoms with Crippen molar-refractivity contribution in [3.05, 3.63) is 29.3 Å². The minimum Gasteiger partial charge on any atom is -0.485 e. The van der Waals surface area contributed by atoms with Crippen molar-refractivity contribution in [2.24, 2.45) is 5.16 Å². The van der Waals surface area contributed by atoms with Crippen LogP contribution in [0.3, 0.4) is 0 Å². The molecule has 1 aromatic rings. The molecule has 0 aliphatic carbocycles. The van der Waals surface area contributed by atoms with Crippen molar-refractivity contribution in [3.8, 4) is 5.75 Å². The number of hydrogen-bond acceptors (Lipinski definition) is 5. The molecule has 2 aliphatic rings. The van der Waals surface area contributed by atoms with Crippen molar-refractivity contribution < 1.29 is 15.1 Å². The van der Waals surface area contributed by atoms with E-state index in [1.165, 1.54) is 6.42 Å². The Bertz CT molecular complexity index is 621. The summed E-state index contributed by atoms with van der Waals surface area (Å²) < 4.78 is 6.08. The van der Waals surface area contributed by atoms with E-state index in [9.17, 15) is 10.3 Å². The topological polar surface area (TPSA) is 65.3 Å². The molecular weight excluding hydrogens is 304 g/mol. The Balaban J connectivity index is 2.06. The number of benzene rings is 1. The molecule has 2 aliphatic heterocycles. The maximum absolute atomic E-state index is 11.0. The molecule has 3 rings (SSSR count). The monoisotopic (exact) mass is 332 g/mol. The van der Waals surface area contributed by atoms with E-state index in [4.69, 9.17) is 4.74 Å². The predicted molar refractivity (Wildman–Crippen MR) is 93.9 cm³/mol. The van der Waals surface area contributed by atoms with E-state index in [1.54, 1.807) is 0 Å². The zero-order valence-corrected chi connectivity index (χ0v) is 14.8. The van der Waals surface area contributed by atoms with Crippen molar-refractivity contribution >= 4 is 5.71 Å². The standard InChI is InChI=1S/C19H28N2O3/c1-4-15(20-23)13-8-9-16-14(12-13)17(18(22)19(2,3)24-16)21-10-6-5-7-11-21/h8-9,12,17-18,22-23H,4-7,10-11H2,1-3H3/t17-,18+/m0/s1. The molecule has 0 radical (unpaired) electrons. The van der Waals surface area contributed by atoms with Gasteiger partial charge < -0.3 is 15.1 Å². The van der Waals surface area contributed by atoms with Gasteiger partial charge in [-0.2, -0.15) is 0 Å². The number of nitrogens with zero attached hydrogens (tertiary/aromatic N) is 2. The van der Waals surface area contributed by atoms with Gasteiger partial charge in [-0.1, -0.05) is 18.5 Å². The van der Waals surface area contributed by atoms with Gasteiger partial charge in [-0.05, 0) is 70.0 Å². The van der Waals surface area contributed by atoms with Crippen LogP contribution >= 0.6 is 0 Å². The van der Waals surface area contributed by atoms with Gasteiger partial charge in [-0.15, -0.1) is 0 Å². The molecule has 0 bridgehead atoms. The quantitative estimate of drug-likeness (QED) is 0.506. The third-order valence-electron chi connectivity index (χ3n) is 5.29. The number of aliphatic hydroxyl groups is 1. The normalized spacial score (nSPS) is 27.4. The Hall–Kier alpha value is -1.59. The minimum absolute atomic E-state index is 0.0826. The fourth-order valence-electron chi connectivity index (χ4n) is 3.87. The van der Waals surface area contributed by atoms with Crippen LogP contribution in [-0.2, 0) is 0 Å². The van der Waals surface area contributed by atoms with Crippen LogP contribution in [-0.4, -0.2) is 45.7 Å². The molecule has 1 aromatic carbocycles. The summed E-state index contributed by atoms with van der Waals surface area (Å²) in [7, 11) is 0. The SMILES string of the molecule is CCC(=NO)c1ccc2c(c1)[C@H](N1CCCCC1)[C@@H](O)C(C)(C)O2. The van der Waals surface area contributed by atoms with Gasteiger partial charge in [0.05, 0.1) is 11.8 Å². The average Bonchev–Trinajstić information content (AvgIpc) is 2.58. The molecule has 0 amide bonds. The number of rotatable bonds is 3. The minimum atomic E-state index is -0.630. The van der Waals surface area contributed by atoms with E-state index >= 15 is 0 Å². The second-order valence-corrected chi connectivity index (χ2v) is 7.34. The molecule has 2 N–H and O–H groups in total. The lowest BCUT2D eigenvalue weighted by atomic mass is 9.84. The van der Waals surface area contributed by atoms with E-state index in [-0.39, 0.29) is 6.04 Å². The smallest absolute Gasteiger partial charge is 0.131 e. The molecule has 24 heavy (non-hydrogen) atoms. The highest BCUT2D eigenvalue weighted by Gasteiger charge is 2.45. The van der Waals surface area contributed by atoms with Crippen molar-refractivity contribution in [1.82, 2.24) is 4.90 Å². The first-order chi connectivity index (χ1) is 11.5. The summed E-state index contributed by atoms with van der Waals surface area (Å²) in [5, 5.41) is 23.6. The van der Waals surface area contributed by atoms with Crippen LogP contribution in [0.4, 0.5) is 0 Å². The highest BCUT2D eigenvalue weighted by Crippen LogP contribution is 2.44. The fraction of sp³-hybridized carbons (Fsp3) is 0.632. The summed E-state index contributed by atoms with van der Waals surface area (Å²) in [4.78, 5) is 2.38. The molecule has 1 saturated heterocycles. The van der Waals surface area contributed by atoms with Gasteiger partial charge in [-0.3, -0.25) is 4.90 Å². The molecule has 5 nitrogen and oxygen atoms in total. The number of aliphatic hydroxyl groups excluding tert-OH is 1. The Morgan fingerprint density at radius 3 is 2.62 bits per heavy atom. The molecule has 0 unspecified atom stereocenters. The summed E-state index contributed by atoms with van der Waals surface area (Å²) in [5.41, 5.74) is 1.90. The van der Waals surface area contributed by atoms with E-state index in [0.717, 1.165) is 42.8 Å². The van der Waals surface area contributed by atoms with Gasteiger partial charge in [0, 0.05) is 5.56 Å². The van der Waals surface area contributed by atoms with E-state index in [2.05, 4.69) is 10.1 Å². The Morgan fingerprint density at radius 2 is 2.00 bits per heavy atom. The first kappa shape index (κ1) is 17.2. The van der Waals surface area contributed by atoms with Crippen molar-refractivity contribution in [3.63, 3.8) is 0 Å². The van der Waals surface area contributed by atoms with Crippen LogP contribution in [0.2, 0.25) is 0 Å². The average molecular weight is 332 g/mol. The molecule has 5 heteroatoms. The maximum Gasteiger partial charge on any atom is 0.131 e. The van der Waals surface area contributed by atoms with Crippen molar-refractivity contribution in [2.75, 3.05) is 13.1 Å². The lowest BCUT2D eigenvalue weighted by molar-refractivity contribution is -0.0961. The lowest BCUT2D eigenvalue weighted by Gasteiger charge is -2.47. The molecule has 0 saturated carbocycles. The number of oxime groups is 1. The third-order valence-corrected chi connectivity index (χ3v) is 5.29. The molecule has 132 valence electrons. The highest BCUT2D eigenvalue weighted by atomic mass is 16.5. The highest BCUT2D eigenvalue weighted by molar-refractivity contribution is 6.00. The van der Waals surface area contributed by atoms with E-state index in [0.29, 0.717) is 12.1 Å². The van der Waals surface area contributed by atoms with Crippen LogP contribution in [0.1, 0.15) is 63.6 Å². The maximum atomic E-state index is 11.0. The molecular formula is C19H28N2O3. The summed E-state index contributed by atoms with van der Waals surface area (Å²) in [6.45, 7) is 7.84. The molecule has 2 heterocycles. The van der Waals surface area contributed by atoms with Gasteiger partial charge in [0.25, 0.3) is 0 Å². The van der Waals surface area contributed by atoms with Gasteiger partial charge >= 0.3 is 0 Å². The van der Waals surface area contributed by atoms with Gasteiger partial charge in [0.2, 0.25) is 0 Å². The number of fused-ring (bicyclic) bond motifs is 1. The zero-order valence-electron chi connectivity index (χ0n) is 14.8. The molecule has 2 atom stereocenters. The second kappa shape index (κ2) is 6.73. The van der Waals surface area contributed by atoms with E-state index in [1.807, 2.05) is 39.0 Å².